The third kappa shape index (κ3) is 3.19. The van der Waals surface area contributed by atoms with E-state index in [9.17, 15) is 4.79 Å². The zero-order valence-corrected chi connectivity index (χ0v) is 14.1. The van der Waals surface area contributed by atoms with Crippen molar-refractivity contribution < 1.29 is 14.6 Å². The van der Waals surface area contributed by atoms with Gasteiger partial charge in [0.25, 0.3) is 0 Å². The molecule has 0 aliphatic heterocycles. The topological polar surface area (TPSA) is 64.3 Å². The molecule has 0 aliphatic carbocycles. The molecule has 0 saturated carbocycles. The van der Waals surface area contributed by atoms with Gasteiger partial charge in [-0.25, -0.2) is 9.48 Å². The van der Waals surface area contributed by atoms with Crippen LogP contribution >= 0.6 is 34.5 Å². The number of carboxylic acid groups (broad SMARTS) is 1. The van der Waals surface area contributed by atoms with Gasteiger partial charge in [0.05, 0.1) is 20.6 Å². The molecule has 23 heavy (non-hydrogen) atoms. The molecule has 0 aliphatic rings. The Morgan fingerprint density at radius 2 is 1.91 bits per heavy atom. The molecule has 2 heterocycles. The largest absolute Gasteiger partial charge is 0.512 e. The van der Waals surface area contributed by atoms with Crippen LogP contribution in [0.1, 0.15) is 5.56 Å². The van der Waals surface area contributed by atoms with E-state index in [2.05, 4.69) is 5.10 Å². The smallest absolute Gasteiger partial charge is 0.449 e. The highest BCUT2D eigenvalue weighted by atomic mass is 35.5. The monoisotopic (exact) mass is 368 g/mol. The number of ether oxygens (including phenoxy) is 1. The average Bonchev–Trinajstić information content (AvgIpc) is 3.04. The van der Waals surface area contributed by atoms with Gasteiger partial charge in [0.15, 0.2) is 0 Å². The lowest BCUT2D eigenvalue weighted by Gasteiger charge is -2.06. The van der Waals surface area contributed by atoms with E-state index >= 15 is 0 Å². The standard InChI is InChI=1S/C15H10Cl2N2O3S/c1-8-13(11-6-7-12(17)23-11)19(18-14(8)22-15(20)21)10-4-2-9(16)3-5-10/h2-7H,1H3,(H,20,21). The number of nitrogens with zero attached hydrogens (tertiary/aromatic N) is 2. The number of halogens is 2. The summed E-state index contributed by atoms with van der Waals surface area (Å²) < 4.78 is 7.02. The first-order valence-corrected chi connectivity index (χ1v) is 8.05. The van der Waals surface area contributed by atoms with Gasteiger partial charge >= 0.3 is 6.16 Å². The number of aromatic nitrogens is 2. The van der Waals surface area contributed by atoms with Crippen molar-refractivity contribution >= 4 is 40.7 Å². The number of carbonyl (C=O) groups is 1. The van der Waals surface area contributed by atoms with Crippen LogP contribution in [0.3, 0.4) is 0 Å². The minimum atomic E-state index is -1.41. The summed E-state index contributed by atoms with van der Waals surface area (Å²) in [5, 5.41) is 13.7. The lowest BCUT2D eigenvalue weighted by molar-refractivity contribution is 0.142. The molecule has 0 amide bonds. The fourth-order valence-corrected chi connectivity index (χ4v) is 3.41. The van der Waals surface area contributed by atoms with Crippen LogP contribution in [0.2, 0.25) is 9.36 Å². The fraction of sp³-hybridized carbons (Fsp3) is 0.0667. The SMILES string of the molecule is Cc1c(OC(=O)O)nn(-c2ccc(Cl)cc2)c1-c1ccc(Cl)s1. The zero-order chi connectivity index (χ0) is 16.6. The van der Waals surface area contributed by atoms with Crippen molar-refractivity contribution in [1.29, 1.82) is 0 Å². The molecule has 3 aromatic rings. The van der Waals surface area contributed by atoms with E-state index in [1.165, 1.54) is 11.3 Å². The highest BCUT2D eigenvalue weighted by Gasteiger charge is 2.21. The van der Waals surface area contributed by atoms with Crippen LogP contribution in [0, 0.1) is 6.92 Å². The van der Waals surface area contributed by atoms with Gasteiger partial charge < -0.3 is 9.84 Å². The van der Waals surface area contributed by atoms with Crippen molar-refractivity contribution in [3.05, 3.63) is 51.3 Å². The molecule has 0 unspecified atom stereocenters. The van der Waals surface area contributed by atoms with E-state index in [4.69, 9.17) is 33.0 Å². The number of hydrogen-bond acceptors (Lipinski definition) is 4. The highest BCUT2D eigenvalue weighted by molar-refractivity contribution is 7.19. The van der Waals surface area contributed by atoms with Crippen molar-refractivity contribution in [1.82, 2.24) is 9.78 Å². The number of benzene rings is 1. The molecule has 0 spiro atoms. The van der Waals surface area contributed by atoms with Gasteiger partial charge in [-0.05, 0) is 43.3 Å². The van der Waals surface area contributed by atoms with E-state index < -0.39 is 6.16 Å². The van der Waals surface area contributed by atoms with Crippen LogP contribution in [0.4, 0.5) is 4.79 Å². The summed E-state index contributed by atoms with van der Waals surface area (Å²) in [5.41, 5.74) is 2.07. The second-order valence-electron chi connectivity index (χ2n) is 4.64. The van der Waals surface area contributed by atoms with Crippen LogP contribution in [0.15, 0.2) is 36.4 Å². The maximum absolute atomic E-state index is 10.9. The van der Waals surface area contributed by atoms with Crippen LogP contribution in [-0.2, 0) is 0 Å². The minimum absolute atomic E-state index is 0.0342. The second kappa shape index (κ2) is 6.23. The molecule has 0 fully saturated rings. The van der Waals surface area contributed by atoms with Crippen molar-refractivity contribution in [2.45, 2.75) is 6.92 Å². The normalized spacial score (nSPS) is 10.7. The Bertz CT molecular complexity index is 871. The van der Waals surface area contributed by atoms with Crippen LogP contribution < -0.4 is 4.74 Å². The Morgan fingerprint density at radius 3 is 2.48 bits per heavy atom. The Kier molecular flexibility index (Phi) is 4.30. The quantitative estimate of drug-likeness (QED) is 0.639. The Hall–Kier alpha value is -2.02. The van der Waals surface area contributed by atoms with E-state index in [1.807, 2.05) is 6.07 Å². The minimum Gasteiger partial charge on any atom is -0.449 e. The van der Waals surface area contributed by atoms with Gasteiger partial charge in [-0.2, -0.15) is 0 Å². The fourth-order valence-electron chi connectivity index (χ4n) is 2.16. The second-order valence-corrected chi connectivity index (χ2v) is 6.79. The molecule has 0 radical (unpaired) electrons. The zero-order valence-electron chi connectivity index (χ0n) is 11.8. The lowest BCUT2D eigenvalue weighted by Crippen LogP contribution is -2.05. The highest BCUT2D eigenvalue weighted by Crippen LogP contribution is 2.37. The van der Waals surface area contributed by atoms with Crippen molar-refractivity contribution in [2.24, 2.45) is 0 Å². The molecule has 1 aromatic carbocycles. The lowest BCUT2D eigenvalue weighted by atomic mass is 10.2. The Morgan fingerprint density at radius 1 is 1.22 bits per heavy atom. The predicted octanol–water partition coefficient (Wildman–Crippen LogP) is 5.27. The summed E-state index contributed by atoms with van der Waals surface area (Å²) in [5.74, 6) is 0.0342. The molecular formula is C15H10Cl2N2O3S. The molecule has 118 valence electrons. The van der Waals surface area contributed by atoms with Gasteiger partial charge in [-0.15, -0.1) is 16.4 Å². The first-order valence-electron chi connectivity index (χ1n) is 6.48. The van der Waals surface area contributed by atoms with Gasteiger partial charge in [0.1, 0.15) is 0 Å². The van der Waals surface area contributed by atoms with E-state index in [-0.39, 0.29) is 5.88 Å². The molecule has 8 heteroatoms. The van der Waals surface area contributed by atoms with Gasteiger partial charge in [-0.3, -0.25) is 0 Å². The maximum Gasteiger partial charge on any atom is 0.512 e. The molecule has 1 N–H and O–H groups in total. The summed E-state index contributed by atoms with van der Waals surface area (Å²) >= 11 is 13.3. The van der Waals surface area contributed by atoms with Gasteiger partial charge in [-0.1, -0.05) is 23.2 Å². The van der Waals surface area contributed by atoms with Gasteiger partial charge in [0.2, 0.25) is 5.88 Å². The molecule has 5 nitrogen and oxygen atoms in total. The van der Waals surface area contributed by atoms with Crippen LogP contribution in [-0.4, -0.2) is 21.0 Å². The van der Waals surface area contributed by atoms with E-state index in [0.29, 0.717) is 14.9 Å². The number of rotatable bonds is 3. The molecule has 2 aromatic heterocycles. The van der Waals surface area contributed by atoms with Gasteiger partial charge in [0, 0.05) is 10.6 Å². The van der Waals surface area contributed by atoms with Crippen molar-refractivity contribution in [2.75, 3.05) is 0 Å². The third-order valence-electron chi connectivity index (χ3n) is 3.14. The first-order chi connectivity index (χ1) is 11.0. The molecule has 0 bridgehead atoms. The van der Waals surface area contributed by atoms with Crippen LogP contribution in [0.5, 0.6) is 5.88 Å². The Balaban J connectivity index is 2.20. The van der Waals surface area contributed by atoms with E-state index in [1.54, 1.807) is 41.9 Å². The van der Waals surface area contributed by atoms with Crippen molar-refractivity contribution in [3.8, 4) is 22.1 Å². The van der Waals surface area contributed by atoms with Crippen LogP contribution in [0.25, 0.3) is 16.3 Å². The third-order valence-corrected chi connectivity index (χ3v) is 4.63. The van der Waals surface area contributed by atoms with E-state index in [0.717, 1.165) is 16.3 Å². The summed E-state index contributed by atoms with van der Waals surface area (Å²) in [4.78, 5) is 11.7. The molecule has 0 saturated heterocycles. The number of hydrogen-bond donors (Lipinski definition) is 1. The average molecular weight is 369 g/mol. The summed E-state index contributed by atoms with van der Waals surface area (Å²) in [7, 11) is 0. The van der Waals surface area contributed by atoms with Crippen molar-refractivity contribution in [3.63, 3.8) is 0 Å². The maximum atomic E-state index is 10.9. The Labute approximate surface area is 145 Å². The summed E-state index contributed by atoms with van der Waals surface area (Å²) in [6.45, 7) is 1.75. The molecular weight excluding hydrogens is 359 g/mol. The summed E-state index contributed by atoms with van der Waals surface area (Å²) in [6, 6.07) is 10.7. The molecule has 3 rings (SSSR count). The number of thiophene rings is 1. The summed E-state index contributed by atoms with van der Waals surface area (Å²) in [6.07, 6.45) is -1.41. The first kappa shape index (κ1) is 15.9. The molecule has 0 atom stereocenters. The predicted molar refractivity (Wildman–Crippen MR) is 90.3 cm³/mol.